The molecule has 0 saturated carbocycles. The van der Waals surface area contributed by atoms with Crippen molar-refractivity contribution in [3.63, 3.8) is 0 Å². The summed E-state index contributed by atoms with van der Waals surface area (Å²) in [6, 6.07) is 4.63. The van der Waals surface area contributed by atoms with Gasteiger partial charge in [0.1, 0.15) is 5.75 Å². The third kappa shape index (κ3) is 3.41. The van der Waals surface area contributed by atoms with Gasteiger partial charge in [-0.15, -0.1) is 0 Å². The Morgan fingerprint density at radius 1 is 1.25 bits per heavy atom. The lowest BCUT2D eigenvalue weighted by molar-refractivity contribution is -0.0498. The Morgan fingerprint density at radius 2 is 1.81 bits per heavy atom. The maximum atomic E-state index is 11.8. The molecule has 0 radical (unpaired) electrons. The maximum Gasteiger partial charge on any atom is 0.387 e. The Kier molecular flexibility index (Phi) is 4.60. The summed E-state index contributed by atoms with van der Waals surface area (Å²) >= 11 is 0. The molecule has 0 amide bonds. The molecule has 0 heterocycles. The zero-order valence-corrected chi connectivity index (χ0v) is 8.38. The van der Waals surface area contributed by atoms with Crippen molar-refractivity contribution in [3.05, 3.63) is 29.8 Å². The van der Waals surface area contributed by atoms with Gasteiger partial charge in [0.2, 0.25) is 0 Å². The molecule has 0 aliphatic heterocycles. The van der Waals surface area contributed by atoms with Gasteiger partial charge in [0.05, 0.1) is 18.8 Å². The van der Waals surface area contributed by atoms with Crippen molar-refractivity contribution >= 4 is 0 Å². The van der Waals surface area contributed by atoms with E-state index in [0.29, 0.717) is 5.56 Å². The SMILES string of the molecule is NC(CO)C(O)c1ccc(OC(F)F)cc1. The minimum Gasteiger partial charge on any atom is -0.435 e. The van der Waals surface area contributed by atoms with Crippen LogP contribution in [0.3, 0.4) is 0 Å². The number of alkyl halides is 2. The molecule has 2 unspecified atom stereocenters. The maximum absolute atomic E-state index is 11.8. The molecule has 4 N–H and O–H groups in total. The lowest BCUT2D eigenvalue weighted by Crippen LogP contribution is -2.31. The summed E-state index contributed by atoms with van der Waals surface area (Å²) in [5, 5.41) is 18.3. The molecule has 0 aliphatic carbocycles. The predicted molar refractivity (Wildman–Crippen MR) is 53.1 cm³/mol. The van der Waals surface area contributed by atoms with E-state index in [9.17, 15) is 13.9 Å². The van der Waals surface area contributed by atoms with Gasteiger partial charge in [-0.25, -0.2) is 0 Å². The van der Waals surface area contributed by atoms with Gasteiger partial charge < -0.3 is 20.7 Å². The highest BCUT2D eigenvalue weighted by Crippen LogP contribution is 2.20. The Bertz CT molecular complexity index is 318. The fourth-order valence-electron chi connectivity index (χ4n) is 1.19. The van der Waals surface area contributed by atoms with Crippen LogP contribution in [-0.4, -0.2) is 29.5 Å². The number of ether oxygens (including phenoxy) is 1. The van der Waals surface area contributed by atoms with Gasteiger partial charge in [-0.2, -0.15) is 8.78 Å². The topological polar surface area (TPSA) is 75.7 Å². The largest absolute Gasteiger partial charge is 0.435 e. The molecule has 0 spiro atoms. The van der Waals surface area contributed by atoms with Gasteiger partial charge in [0, 0.05) is 0 Å². The van der Waals surface area contributed by atoms with Gasteiger partial charge in [-0.05, 0) is 17.7 Å². The molecule has 6 heteroatoms. The predicted octanol–water partition coefficient (Wildman–Crippen LogP) is 0.641. The van der Waals surface area contributed by atoms with E-state index in [1.807, 2.05) is 0 Å². The van der Waals surface area contributed by atoms with Crippen molar-refractivity contribution in [2.45, 2.75) is 18.8 Å². The molecule has 1 aromatic rings. The number of aliphatic hydroxyl groups excluding tert-OH is 2. The first-order valence-corrected chi connectivity index (χ1v) is 4.64. The van der Waals surface area contributed by atoms with Crippen LogP contribution in [0.25, 0.3) is 0 Å². The number of hydrogen-bond acceptors (Lipinski definition) is 4. The lowest BCUT2D eigenvalue weighted by atomic mass is 10.0. The molecule has 1 aromatic carbocycles. The van der Waals surface area contributed by atoms with Crippen LogP contribution in [0.1, 0.15) is 11.7 Å². The second-order valence-corrected chi connectivity index (χ2v) is 3.24. The van der Waals surface area contributed by atoms with Crippen LogP contribution < -0.4 is 10.5 Å². The standard InChI is InChI=1S/C10H13F2NO3/c11-10(12)16-7-3-1-6(2-4-7)9(15)8(13)5-14/h1-4,8-10,14-15H,5,13H2. The van der Waals surface area contributed by atoms with E-state index in [1.165, 1.54) is 24.3 Å². The first-order chi connectivity index (χ1) is 7.54. The minimum absolute atomic E-state index is 0.00326. The van der Waals surface area contributed by atoms with E-state index in [2.05, 4.69) is 4.74 Å². The molecule has 2 atom stereocenters. The van der Waals surface area contributed by atoms with E-state index >= 15 is 0 Å². The normalized spacial score (nSPS) is 14.9. The van der Waals surface area contributed by atoms with Crippen molar-refractivity contribution in [2.24, 2.45) is 5.73 Å². The quantitative estimate of drug-likeness (QED) is 0.697. The van der Waals surface area contributed by atoms with Crippen LogP contribution in [0.2, 0.25) is 0 Å². The van der Waals surface area contributed by atoms with Crippen LogP contribution >= 0.6 is 0 Å². The highest BCUT2D eigenvalue weighted by atomic mass is 19.3. The summed E-state index contributed by atoms with van der Waals surface area (Å²) < 4.78 is 27.8. The zero-order chi connectivity index (χ0) is 12.1. The summed E-state index contributed by atoms with van der Waals surface area (Å²) in [5.74, 6) is 0.00326. The van der Waals surface area contributed by atoms with Gasteiger partial charge in [0.15, 0.2) is 0 Å². The van der Waals surface area contributed by atoms with E-state index in [0.717, 1.165) is 0 Å². The molecule has 0 saturated heterocycles. The molecule has 0 bridgehead atoms. The fourth-order valence-corrected chi connectivity index (χ4v) is 1.19. The summed E-state index contributed by atoms with van der Waals surface area (Å²) in [4.78, 5) is 0. The highest BCUT2D eigenvalue weighted by molar-refractivity contribution is 5.29. The third-order valence-electron chi connectivity index (χ3n) is 2.06. The third-order valence-corrected chi connectivity index (χ3v) is 2.06. The average molecular weight is 233 g/mol. The Morgan fingerprint density at radius 3 is 2.25 bits per heavy atom. The number of benzene rings is 1. The number of aliphatic hydroxyl groups is 2. The van der Waals surface area contributed by atoms with E-state index in [-0.39, 0.29) is 12.4 Å². The number of rotatable bonds is 5. The van der Waals surface area contributed by atoms with Crippen molar-refractivity contribution in [1.82, 2.24) is 0 Å². The van der Waals surface area contributed by atoms with Gasteiger partial charge in [-0.1, -0.05) is 12.1 Å². The minimum atomic E-state index is -2.88. The first kappa shape index (κ1) is 12.8. The number of nitrogens with two attached hydrogens (primary N) is 1. The summed E-state index contributed by atoms with van der Waals surface area (Å²) in [7, 11) is 0. The van der Waals surface area contributed by atoms with E-state index in [4.69, 9.17) is 10.8 Å². The smallest absolute Gasteiger partial charge is 0.387 e. The van der Waals surface area contributed by atoms with E-state index < -0.39 is 18.8 Å². The molecular formula is C10H13F2NO3. The first-order valence-electron chi connectivity index (χ1n) is 4.64. The van der Waals surface area contributed by atoms with E-state index in [1.54, 1.807) is 0 Å². The van der Waals surface area contributed by atoms with Crippen LogP contribution in [-0.2, 0) is 0 Å². The van der Waals surface area contributed by atoms with Crippen molar-refractivity contribution in [3.8, 4) is 5.75 Å². The summed E-state index contributed by atoms with van der Waals surface area (Å²) in [5.41, 5.74) is 5.85. The second kappa shape index (κ2) is 5.74. The molecule has 0 aliphatic rings. The Balaban J connectivity index is 2.70. The molecule has 0 fully saturated rings. The molecule has 90 valence electrons. The zero-order valence-electron chi connectivity index (χ0n) is 8.38. The van der Waals surface area contributed by atoms with Crippen LogP contribution in [0.15, 0.2) is 24.3 Å². The van der Waals surface area contributed by atoms with Crippen molar-refractivity contribution < 1.29 is 23.7 Å². The number of hydrogen-bond donors (Lipinski definition) is 3. The Hall–Kier alpha value is -1.24. The highest BCUT2D eigenvalue weighted by Gasteiger charge is 2.16. The molecule has 4 nitrogen and oxygen atoms in total. The van der Waals surface area contributed by atoms with Crippen LogP contribution in [0.4, 0.5) is 8.78 Å². The summed E-state index contributed by atoms with van der Waals surface area (Å²) in [6.45, 7) is -3.24. The van der Waals surface area contributed by atoms with Gasteiger partial charge in [-0.3, -0.25) is 0 Å². The molecule has 1 rings (SSSR count). The molecule has 16 heavy (non-hydrogen) atoms. The molecule has 0 aromatic heterocycles. The lowest BCUT2D eigenvalue weighted by Gasteiger charge is -2.17. The molecular weight excluding hydrogens is 220 g/mol. The summed E-state index contributed by atoms with van der Waals surface area (Å²) in [6.07, 6.45) is -1.04. The van der Waals surface area contributed by atoms with Crippen molar-refractivity contribution in [1.29, 1.82) is 0 Å². The van der Waals surface area contributed by atoms with Gasteiger partial charge in [0.25, 0.3) is 0 Å². The monoisotopic (exact) mass is 233 g/mol. The Labute approximate surface area is 91.3 Å². The van der Waals surface area contributed by atoms with Crippen molar-refractivity contribution in [2.75, 3.05) is 6.61 Å². The van der Waals surface area contributed by atoms with Gasteiger partial charge >= 0.3 is 6.61 Å². The number of halogens is 2. The second-order valence-electron chi connectivity index (χ2n) is 3.24. The fraction of sp³-hybridized carbons (Fsp3) is 0.400. The average Bonchev–Trinajstić information content (AvgIpc) is 2.27. The van der Waals surface area contributed by atoms with Crippen LogP contribution in [0, 0.1) is 0 Å². The van der Waals surface area contributed by atoms with Crippen LogP contribution in [0.5, 0.6) is 5.75 Å².